The number of halogens is 1. The highest BCUT2D eigenvalue weighted by Crippen LogP contribution is 2.39. The van der Waals surface area contributed by atoms with Crippen LogP contribution in [0.25, 0.3) is 0 Å². The van der Waals surface area contributed by atoms with Crippen LogP contribution in [-0.4, -0.2) is 50.8 Å². The van der Waals surface area contributed by atoms with Gasteiger partial charge in [-0.05, 0) is 63.1 Å². The molecular formula is C22H27ClN4O4P2. The van der Waals surface area contributed by atoms with Gasteiger partial charge in [0, 0.05) is 10.6 Å². The molecule has 0 amide bonds. The van der Waals surface area contributed by atoms with E-state index in [2.05, 4.69) is 20.6 Å². The predicted molar refractivity (Wildman–Crippen MR) is 138 cm³/mol. The summed E-state index contributed by atoms with van der Waals surface area (Å²) in [7, 11) is -1.79. The zero-order valence-corrected chi connectivity index (χ0v) is 21.9. The summed E-state index contributed by atoms with van der Waals surface area (Å²) >= 11 is 6.32. The minimum absolute atomic E-state index is 0.284. The summed E-state index contributed by atoms with van der Waals surface area (Å²) in [5.74, 6) is 1.68. The van der Waals surface area contributed by atoms with Gasteiger partial charge in [-0.2, -0.15) is 4.98 Å². The average Bonchev–Trinajstić information content (AvgIpc) is 2.75. The molecule has 0 aliphatic heterocycles. The molecule has 0 bridgehead atoms. The van der Waals surface area contributed by atoms with E-state index in [-0.39, 0.29) is 5.95 Å². The maximum Gasteiger partial charge on any atom is 0.229 e. The lowest BCUT2D eigenvalue weighted by atomic mass is 10.3. The van der Waals surface area contributed by atoms with Gasteiger partial charge < -0.3 is 29.2 Å². The molecule has 0 aliphatic rings. The third-order valence-electron chi connectivity index (χ3n) is 4.86. The minimum Gasteiger partial charge on any atom is -0.495 e. The van der Waals surface area contributed by atoms with Crippen LogP contribution >= 0.6 is 25.9 Å². The highest BCUT2D eigenvalue weighted by atomic mass is 35.5. The average molecular weight is 509 g/mol. The van der Waals surface area contributed by atoms with E-state index < -0.39 is 14.3 Å². The van der Waals surface area contributed by atoms with E-state index in [1.165, 1.54) is 20.4 Å². The van der Waals surface area contributed by atoms with Crippen molar-refractivity contribution in [1.29, 1.82) is 0 Å². The Bertz CT molecular complexity index is 1270. The Labute approximate surface area is 198 Å². The number of hydrogen-bond donors (Lipinski definition) is 2. The minimum atomic E-state index is -2.44. The summed E-state index contributed by atoms with van der Waals surface area (Å²) in [6, 6.07) is 10.6. The standard InChI is InChI=1S/C22H27ClN4O4P2/c1-30-19-11-14(32(3,4)28)7-9-17(19)25-21-16(23)13-24-22(27-21)26-18-10-8-15(33(5,6)29)12-20(18)31-2/h7-13H,1-6H3,(H2,24,25,26,27). The summed E-state index contributed by atoms with van der Waals surface area (Å²) in [4.78, 5) is 8.71. The first kappa shape index (κ1) is 25.1. The fraction of sp³-hybridized carbons (Fsp3) is 0.273. The molecule has 33 heavy (non-hydrogen) atoms. The molecular weight excluding hydrogens is 482 g/mol. The molecule has 11 heteroatoms. The summed E-state index contributed by atoms with van der Waals surface area (Å²) in [5, 5.41) is 7.99. The molecule has 3 aromatic rings. The highest BCUT2D eigenvalue weighted by Gasteiger charge is 2.17. The van der Waals surface area contributed by atoms with E-state index in [9.17, 15) is 9.13 Å². The molecule has 1 aromatic heterocycles. The lowest BCUT2D eigenvalue weighted by Crippen LogP contribution is -2.08. The smallest absolute Gasteiger partial charge is 0.229 e. The molecule has 0 saturated carbocycles. The van der Waals surface area contributed by atoms with Crippen LogP contribution in [0.4, 0.5) is 23.1 Å². The fourth-order valence-corrected chi connectivity index (χ4v) is 4.86. The van der Waals surface area contributed by atoms with E-state index in [1.807, 2.05) is 0 Å². The molecule has 0 aliphatic carbocycles. The Hall–Kier alpha value is -2.53. The second-order valence-corrected chi connectivity index (χ2v) is 15.0. The van der Waals surface area contributed by atoms with Crippen molar-refractivity contribution < 1.29 is 18.6 Å². The Kier molecular flexibility index (Phi) is 7.42. The number of methoxy groups -OCH3 is 2. The number of ether oxygens (including phenoxy) is 2. The van der Waals surface area contributed by atoms with Crippen molar-refractivity contribution in [3.63, 3.8) is 0 Å². The molecule has 176 valence electrons. The zero-order chi connectivity index (χ0) is 24.4. The summed E-state index contributed by atoms with van der Waals surface area (Å²) in [5.41, 5.74) is 1.23. The topological polar surface area (TPSA) is 102 Å². The van der Waals surface area contributed by atoms with Crippen molar-refractivity contribution in [3.8, 4) is 11.5 Å². The van der Waals surface area contributed by atoms with Crippen LogP contribution in [0, 0.1) is 0 Å². The maximum atomic E-state index is 12.4. The summed E-state index contributed by atoms with van der Waals surface area (Å²) in [6.45, 7) is 6.81. The number of anilines is 4. The first-order valence-electron chi connectivity index (χ1n) is 9.96. The van der Waals surface area contributed by atoms with Crippen LogP contribution in [0.15, 0.2) is 42.6 Å². The number of benzene rings is 2. The molecule has 0 spiro atoms. The van der Waals surface area contributed by atoms with Crippen LogP contribution in [0.3, 0.4) is 0 Å². The number of hydrogen-bond acceptors (Lipinski definition) is 8. The van der Waals surface area contributed by atoms with Crippen LogP contribution in [-0.2, 0) is 9.13 Å². The second-order valence-electron chi connectivity index (χ2n) is 8.11. The van der Waals surface area contributed by atoms with Crippen molar-refractivity contribution in [2.24, 2.45) is 0 Å². The van der Waals surface area contributed by atoms with Crippen molar-refractivity contribution in [1.82, 2.24) is 9.97 Å². The Balaban J connectivity index is 1.91. The molecule has 1 heterocycles. The molecule has 0 atom stereocenters. The zero-order valence-electron chi connectivity index (χ0n) is 19.3. The Morgan fingerprint density at radius 1 is 0.818 bits per heavy atom. The van der Waals surface area contributed by atoms with Gasteiger partial charge in [-0.25, -0.2) is 4.98 Å². The van der Waals surface area contributed by atoms with E-state index >= 15 is 0 Å². The summed E-state index contributed by atoms with van der Waals surface area (Å²) in [6.07, 6.45) is 1.47. The summed E-state index contributed by atoms with van der Waals surface area (Å²) < 4.78 is 35.7. The van der Waals surface area contributed by atoms with Crippen LogP contribution in [0.2, 0.25) is 5.02 Å². The lowest BCUT2D eigenvalue weighted by molar-refractivity contribution is 0.417. The Morgan fingerprint density at radius 3 is 1.76 bits per heavy atom. The van der Waals surface area contributed by atoms with E-state index in [1.54, 1.807) is 63.1 Å². The van der Waals surface area contributed by atoms with Gasteiger partial charge in [-0.3, -0.25) is 0 Å². The molecule has 0 fully saturated rings. The monoisotopic (exact) mass is 508 g/mol. The Morgan fingerprint density at radius 2 is 1.30 bits per heavy atom. The van der Waals surface area contributed by atoms with Crippen molar-refractivity contribution in [2.75, 3.05) is 51.5 Å². The third kappa shape index (κ3) is 6.08. The maximum absolute atomic E-state index is 12.4. The normalized spacial score (nSPS) is 11.7. The van der Waals surface area contributed by atoms with E-state index in [0.717, 1.165) is 0 Å². The van der Waals surface area contributed by atoms with E-state index in [4.69, 9.17) is 21.1 Å². The number of nitrogens with one attached hydrogen (secondary N) is 2. The third-order valence-corrected chi connectivity index (χ3v) is 8.18. The number of rotatable bonds is 8. The lowest BCUT2D eigenvalue weighted by Gasteiger charge is -2.16. The van der Waals surface area contributed by atoms with Crippen molar-refractivity contribution in [2.45, 2.75) is 0 Å². The highest BCUT2D eigenvalue weighted by molar-refractivity contribution is 7.70. The van der Waals surface area contributed by atoms with Gasteiger partial charge >= 0.3 is 0 Å². The van der Waals surface area contributed by atoms with Gasteiger partial charge in [-0.1, -0.05) is 11.6 Å². The molecule has 2 N–H and O–H groups in total. The first-order valence-corrected chi connectivity index (χ1v) is 15.5. The predicted octanol–water partition coefficient (Wildman–Crippen LogP) is 5.13. The van der Waals surface area contributed by atoms with Gasteiger partial charge in [0.25, 0.3) is 0 Å². The molecule has 0 unspecified atom stereocenters. The quantitative estimate of drug-likeness (QED) is 0.404. The van der Waals surface area contributed by atoms with Crippen LogP contribution < -0.4 is 30.7 Å². The fourth-order valence-electron chi connectivity index (χ4n) is 3.00. The number of aromatic nitrogens is 2. The van der Waals surface area contributed by atoms with Crippen molar-refractivity contribution in [3.05, 3.63) is 47.6 Å². The van der Waals surface area contributed by atoms with Gasteiger partial charge in [0.1, 0.15) is 30.8 Å². The van der Waals surface area contributed by atoms with Crippen LogP contribution in [0.5, 0.6) is 11.5 Å². The van der Waals surface area contributed by atoms with Gasteiger partial charge in [0.2, 0.25) is 5.95 Å². The van der Waals surface area contributed by atoms with E-state index in [0.29, 0.717) is 44.3 Å². The molecule has 0 saturated heterocycles. The SMILES string of the molecule is COc1cc(P(C)(C)=O)ccc1Nc1ncc(Cl)c(Nc2ccc(P(C)(C)=O)cc2OC)n1. The van der Waals surface area contributed by atoms with Gasteiger partial charge in [0.15, 0.2) is 5.82 Å². The largest absolute Gasteiger partial charge is 0.495 e. The number of nitrogens with zero attached hydrogens (tertiary/aromatic N) is 2. The molecule has 2 aromatic carbocycles. The van der Waals surface area contributed by atoms with Crippen molar-refractivity contribution >= 4 is 59.6 Å². The first-order chi connectivity index (χ1) is 15.4. The molecule has 8 nitrogen and oxygen atoms in total. The van der Waals surface area contributed by atoms with Gasteiger partial charge in [0.05, 0.1) is 31.8 Å². The molecule has 0 radical (unpaired) electrons. The second kappa shape index (κ2) is 9.76. The van der Waals surface area contributed by atoms with Gasteiger partial charge in [-0.15, -0.1) is 0 Å². The molecule has 3 rings (SSSR count). The van der Waals surface area contributed by atoms with Crippen LogP contribution in [0.1, 0.15) is 0 Å².